The van der Waals surface area contributed by atoms with Gasteiger partial charge in [0.25, 0.3) is 0 Å². The quantitative estimate of drug-likeness (QED) is 0.658. The lowest BCUT2D eigenvalue weighted by molar-refractivity contribution is 0.0697. The zero-order chi connectivity index (χ0) is 12.8. The molecule has 94 valence electrons. The van der Waals surface area contributed by atoms with Crippen LogP contribution in [0.15, 0.2) is 18.2 Å². The number of aromatic carboxylic acids is 1. The van der Waals surface area contributed by atoms with Gasteiger partial charge in [-0.3, -0.25) is 0 Å². The van der Waals surface area contributed by atoms with Crippen molar-refractivity contribution in [3.05, 3.63) is 23.8 Å². The molecule has 0 spiro atoms. The van der Waals surface area contributed by atoms with Crippen molar-refractivity contribution in [2.45, 2.75) is 19.4 Å². The third kappa shape index (κ3) is 3.64. The van der Waals surface area contributed by atoms with E-state index >= 15 is 0 Å². The third-order valence-corrected chi connectivity index (χ3v) is 2.52. The van der Waals surface area contributed by atoms with Crippen molar-refractivity contribution in [1.29, 1.82) is 0 Å². The topological polar surface area (TPSA) is 84.6 Å². The van der Waals surface area contributed by atoms with Gasteiger partial charge in [-0.15, -0.1) is 0 Å². The molecule has 0 amide bonds. The Kier molecular flexibility index (Phi) is 4.78. The van der Waals surface area contributed by atoms with Gasteiger partial charge in [0.15, 0.2) is 0 Å². The number of ether oxygens (including phenoxy) is 1. The molecule has 0 saturated carbocycles. The minimum atomic E-state index is -0.965. The number of nitrogens with one attached hydrogen (secondary N) is 1. The molecule has 1 aromatic carbocycles. The van der Waals surface area contributed by atoms with E-state index in [1.165, 1.54) is 12.1 Å². The predicted octanol–water partition coefficient (Wildman–Crippen LogP) is 1.80. The first kappa shape index (κ1) is 13.3. The fraction of sp³-hybridized carbons (Fsp3) is 0.417. The van der Waals surface area contributed by atoms with Crippen LogP contribution >= 0.6 is 0 Å². The normalized spacial score (nSPS) is 12.1. The van der Waals surface area contributed by atoms with E-state index in [2.05, 4.69) is 5.32 Å². The number of carboxylic acids is 1. The minimum Gasteiger partial charge on any atom is -0.478 e. The van der Waals surface area contributed by atoms with Crippen LogP contribution in [0, 0.1) is 0 Å². The summed E-state index contributed by atoms with van der Waals surface area (Å²) in [6, 6.07) is 4.73. The molecular weight excluding hydrogens is 220 g/mol. The molecule has 1 unspecified atom stereocenters. The monoisotopic (exact) mass is 238 g/mol. The molecular formula is C12H18N2O3. The Labute approximate surface area is 101 Å². The van der Waals surface area contributed by atoms with Gasteiger partial charge in [0, 0.05) is 13.2 Å². The van der Waals surface area contributed by atoms with Crippen LogP contribution in [0.4, 0.5) is 11.4 Å². The first-order chi connectivity index (χ1) is 8.08. The number of methoxy groups -OCH3 is 1. The standard InChI is InChI=1S/C12H18N2O3/c1-3-9(7-17-2)14-11-6-8(12(15)16)4-5-10(11)13/h4-6,9,14H,3,7,13H2,1-2H3,(H,15,16). The molecule has 0 aliphatic rings. The first-order valence-electron chi connectivity index (χ1n) is 5.46. The van der Waals surface area contributed by atoms with Crippen molar-refractivity contribution in [3.63, 3.8) is 0 Å². The summed E-state index contributed by atoms with van der Waals surface area (Å²) in [5.74, 6) is -0.965. The lowest BCUT2D eigenvalue weighted by Crippen LogP contribution is -2.24. The van der Waals surface area contributed by atoms with Crippen LogP contribution in [-0.4, -0.2) is 30.8 Å². The van der Waals surface area contributed by atoms with E-state index in [1.54, 1.807) is 13.2 Å². The maximum absolute atomic E-state index is 10.9. The lowest BCUT2D eigenvalue weighted by atomic mass is 10.1. The van der Waals surface area contributed by atoms with Crippen molar-refractivity contribution >= 4 is 17.3 Å². The summed E-state index contributed by atoms with van der Waals surface area (Å²) in [5, 5.41) is 12.1. The highest BCUT2D eigenvalue weighted by Crippen LogP contribution is 2.21. The molecule has 17 heavy (non-hydrogen) atoms. The van der Waals surface area contributed by atoms with E-state index in [4.69, 9.17) is 15.6 Å². The maximum Gasteiger partial charge on any atom is 0.335 e. The summed E-state index contributed by atoms with van der Waals surface area (Å²) in [7, 11) is 1.63. The Balaban J connectivity index is 2.88. The number of anilines is 2. The largest absolute Gasteiger partial charge is 0.478 e. The molecule has 0 fully saturated rings. The summed E-state index contributed by atoms with van der Waals surface area (Å²) >= 11 is 0. The Morgan fingerprint density at radius 2 is 2.29 bits per heavy atom. The smallest absolute Gasteiger partial charge is 0.335 e. The minimum absolute atomic E-state index is 0.117. The van der Waals surface area contributed by atoms with E-state index in [9.17, 15) is 4.79 Å². The second kappa shape index (κ2) is 6.10. The highest BCUT2D eigenvalue weighted by molar-refractivity contribution is 5.90. The van der Waals surface area contributed by atoms with Crippen molar-refractivity contribution in [2.75, 3.05) is 24.8 Å². The van der Waals surface area contributed by atoms with Gasteiger partial charge in [-0.05, 0) is 24.6 Å². The lowest BCUT2D eigenvalue weighted by Gasteiger charge is -2.18. The van der Waals surface area contributed by atoms with Crippen molar-refractivity contribution in [1.82, 2.24) is 0 Å². The molecule has 5 heteroatoms. The van der Waals surface area contributed by atoms with Crippen molar-refractivity contribution in [3.8, 4) is 0 Å². The summed E-state index contributed by atoms with van der Waals surface area (Å²) in [4.78, 5) is 10.9. The second-order valence-corrected chi connectivity index (χ2v) is 3.81. The van der Waals surface area contributed by atoms with Crippen LogP contribution in [-0.2, 0) is 4.74 Å². The van der Waals surface area contributed by atoms with Gasteiger partial charge in [-0.1, -0.05) is 6.92 Å². The average molecular weight is 238 g/mol. The molecule has 5 nitrogen and oxygen atoms in total. The van der Waals surface area contributed by atoms with Crippen LogP contribution in [0.2, 0.25) is 0 Å². The van der Waals surface area contributed by atoms with Gasteiger partial charge in [0.2, 0.25) is 0 Å². The van der Waals surface area contributed by atoms with Gasteiger partial charge < -0.3 is 20.9 Å². The summed E-state index contributed by atoms with van der Waals surface area (Å²) in [5.41, 5.74) is 7.17. The van der Waals surface area contributed by atoms with E-state index in [1.807, 2.05) is 6.92 Å². The Hall–Kier alpha value is -1.75. The number of nitrogens with two attached hydrogens (primary N) is 1. The number of carbonyl (C=O) groups is 1. The maximum atomic E-state index is 10.9. The fourth-order valence-corrected chi connectivity index (χ4v) is 1.50. The van der Waals surface area contributed by atoms with E-state index in [-0.39, 0.29) is 11.6 Å². The number of benzene rings is 1. The number of carboxylic acid groups (broad SMARTS) is 1. The highest BCUT2D eigenvalue weighted by Gasteiger charge is 2.10. The van der Waals surface area contributed by atoms with E-state index in [0.717, 1.165) is 6.42 Å². The molecule has 0 heterocycles. The second-order valence-electron chi connectivity index (χ2n) is 3.81. The first-order valence-corrected chi connectivity index (χ1v) is 5.46. The molecule has 1 atom stereocenters. The summed E-state index contributed by atoms with van der Waals surface area (Å²) in [6.07, 6.45) is 0.866. The van der Waals surface area contributed by atoms with Crippen LogP contribution in [0.3, 0.4) is 0 Å². The van der Waals surface area contributed by atoms with Gasteiger partial charge in [0.05, 0.1) is 23.5 Å². The van der Waals surface area contributed by atoms with Crippen molar-refractivity contribution < 1.29 is 14.6 Å². The molecule has 1 rings (SSSR count). The molecule has 0 radical (unpaired) electrons. The van der Waals surface area contributed by atoms with Crippen LogP contribution in [0.25, 0.3) is 0 Å². The van der Waals surface area contributed by atoms with Crippen LogP contribution < -0.4 is 11.1 Å². The summed E-state index contributed by atoms with van der Waals surface area (Å²) in [6.45, 7) is 2.57. The molecule has 0 aliphatic carbocycles. The third-order valence-electron chi connectivity index (χ3n) is 2.52. The zero-order valence-electron chi connectivity index (χ0n) is 10.1. The predicted molar refractivity (Wildman–Crippen MR) is 67.4 cm³/mol. The Morgan fingerprint density at radius 1 is 1.59 bits per heavy atom. The average Bonchev–Trinajstić information content (AvgIpc) is 2.30. The number of hydrogen-bond acceptors (Lipinski definition) is 4. The van der Waals surface area contributed by atoms with Gasteiger partial charge in [0.1, 0.15) is 0 Å². The van der Waals surface area contributed by atoms with Gasteiger partial charge >= 0.3 is 5.97 Å². The molecule has 0 saturated heterocycles. The molecule has 4 N–H and O–H groups in total. The molecule has 0 aromatic heterocycles. The van der Waals surface area contributed by atoms with E-state index < -0.39 is 5.97 Å². The van der Waals surface area contributed by atoms with Crippen LogP contribution in [0.5, 0.6) is 0 Å². The van der Waals surface area contributed by atoms with Gasteiger partial charge in [-0.25, -0.2) is 4.79 Å². The molecule has 0 aliphatic heterocycles. The van der Waals surface area contributed by atoms with Crippen LogP contribution in [0.1, 0.15) is 23.7 Å². The summed E-state index contributed by atoms with van der Waals surface area (Å²) < 4.78 is 5.06. The Bertz CT molecular complexity index is 393. The Morgan fingerprint density at radius 3 is 2.82 bits per heavy atom. The number of rotatable bonds is 6. The molecule has 0 bridgehead atoms. The highest BCUT2D eigenvalue weighted by atomic mass is 16.5. The van der Waals surface area contributed by atoms with Gasteiger partial charge in [-0.2, -0.15) is 0 Å². The fourth-order valence-electron chi connectivity index (χ4n) is 1.50. The number of hydrogen-bond donors (Lipinski definition) is 3. The number of nitrogen functional groups attached to an aromatic ring is 1. The SMILES string of the molecule is CCC(COC)Nc1cc(C(=O)O)ccc1N. The molecule has 1 aromatic rings. The van der Waals surface area contributed by atoms with E-state index in [0.29, 0.717) is 18.0 Å². The van der Waals surface area contributed by atoms with Crippen molar-refractivity contribution in [2.24, 2.45) is 0 Å². The zero-order valence-corrected chi connectivity index (χ0v) is 10.1.